The van der Waals surface area contributed by atoms with Crippen LogP contribution in [0.1, 0.15) is 6.42 Å². The van der Waals surface area contributed by atoms with Gasteiger partial charge in [0.2, 0.25) is 6.41 Å². The number of carbonyl (C=O) groups excluding carboxylic acids is 1. The number of anilines is 1. The summed E-state index contributed by atoms with van der Waals surface area (Å²) >= 11 is 0. The first-order chi connectivity index (χ1) is 14.0. The maximum Gasteiger partial charge on any atom is 0.211 e. The Bertz CT molecular complexity index is 989. The van der Waals surface area contributed by atoms with E-state index >= 15 is 0 Å². The number of H-pyrrole nitrogens is 1. The fourth-order valence-electron chi connectivity index (χ4n) is 2.84. The summed E-state index contributed by atoms with van der Waals surface area (Å²) in [6, 6.07) is 10.6. The lowest BCUT2D eigenvalue weighted by Crippen LogP contribution is -2.15. The highest BCUT2D eigenvalue weighted by atomic mass is 19.1. The standard InChI is InChI=1S/C21H22F2N4O2/c1-27(2)8-3-9-29-15-5-6-16(17(22)11-15)21-12-20(25-26-21)14-4-7-19(24-13-28)18(23)10-14/h4-7,10-13H,3,8-9H2,1-2H3,(H,24,28)(H,25,26). The molecule has 3 rings (SSSR count). The summed E-state index contributed by atoms with van der Waals surface area (Å²) in [6.07, 6.45) is 1.25. The van der Waals surface area contributed by atoms with E-state index in [1.165, 1.54) is 18.2 Å². The van der Waals surface area contributed by atoms with Crippen LogP contribution in [0.4, 0.5) is 14.5 Å². The zero-order valence-corrected chi connectivity index (χ0v) is 16.2. The average Bonchev–Trinajstić information content (AvgIpc) is 3.17. The van der Waals surface area contributed by atoms with Crippen LogP contribution < -0.4 is 10.1 Å². The summed E-state index contributed by atoms with van der Waals surface area (Å²) in [5.74, 6) is -0.562. The number of hydrogen-bond acceptors (Lipinski definition) is 4. The van der Waals surface area contributed by atoms with Gasteiger partial charge >= 0.3 is 0 Å². The molecule has 0 spiro atoms. The van der Waals surface area contributed by atoms with E-state index in [2.05, 4.69) is 20.4 Å². The van der Waals surface area contributed by atoms with Gasteiger partial charge in [-0.05, 0) is 50.8 Å². The van der Waals surface area contributed by atoms with Crippen molar-refractivity contribution >= 4 is 12.1 Å². The predicted octanol–water partition coefficient (Wildman–Crippen LogP) is 3.92. The van der Waals surface area contributed by atoms with Crippen LogP contribution >= 0.6 is 0 Å². The lowest BCUT2D eigenvalue weighted by atomic mass is 10.1. The highest BCUT2D eigenvalue weighted by Crippen LogP contribution is 2.29. The molecule has 152 valence electrons. The molecule has 0 radical (unpaired) electrons. The number of aromatic nitrogens is 2. The Balaban J connectivity index is 1.73. The molecule has 0 saturated carbocycles. The van der Waals surface area contributed by atoms with Crippen molar-refractivity contribution in [1.82, 2.24) is 15.1 Å². The van der Waals surface area contributed by atoms with Gasteiger partial charge in [0.25, 0.3) is 0 Å². The van der Waals surface area contributed by atoms with Crippen LogP contribution in [-0.4, -0.2) is 48.8 Å². The zero-order valence-electron chi connectivity index (χ0n) is 16.2. The molecule has 0 aliphatic carbocycles. The second-order valence-corrected chi connectivity index (χ2v) is 6.77. The molecule has 6 nitrogen and oxygen atoms in total. The van der Waals surface area contributed by atoms with Gasteiger partial charge in [0, 0.05) is 23.7 Å². The van der Waals surface area contributed by atoms with Crippen molar-refractivity contribution in [3.63, 3.8) is 0 Å². The second kappa shape index (κ2) is 9.29. The number of nitrogens with one attached hydrogen (secondary N) is 2. The van der Waals surface area contributed by atoms with Gasteiger partial charge in [-0.15, -0.1) is 0 Å². The lowest BCUT2D eigenvalue weighted by molar-refractivity contribution is -0.105. The molecule has 2 N–H and O–H groups in total. The third-order valence-electron chi connectivity index (χ3n) is 4.31. The molecule has 0 unspecified atom stereocenters. The molecule has 0 aliphatic rings. The molecule has 1 amide bonds. The Hall–Kier alpha value is -3.26. The van der Waals surface area contributed by atoms with E-state index in [4.69, 9.17) is 4.74 Å². The van der Waals surface area contributed by atoms with Crippen molar-refractivity contribution in [1.29, 1.82) is 0 Å². The molecule has 0 aliphatic heterocycles. The number of hydrogen-bond donors (Lipinski definition) is 2. The number of rotatable bonds is 9. The van der Waals surface area contributed by atoms with Crippen molar-refractivity contribution < 1.29 is 18.3 Å². The molecular formula is C21H22F2N4O2. The Kier molecular flexibility index (Phi) is 6.56. The van der Waals surface area contributed by atoms with Crippen LogP contribution in [-0.2, 0) is 4.79 Å². The number of nitrogens with zero attached hydrogens (tertiary/aromatic N) is 2. The number of aromatic amines is 1. The smallest absolute Gasteiger partial charge is 0.211 e. The summed E-state index contributed by atoms with van der Waals surface area (Å²) < 4.78 is 34.1. The summed E-state index contributed by atoms with van der Waals surface area (Å²) in [4.78, 5) is 12.5. The molecule has 8 heteroatoms. The fourth-order valence-corrected chi connectivity index (χ4v) is 2.84. The minimum Gasteiger partial charge on any atom is -0.493 e. The Labute approximate surface area is 167 Å². The van der Waals surface area contributed by atoms with Crippen LogP contribution in [0, 0.1) is 11.6 Å². The average molecular weight is 400 g/mol. The van der Waals surface area contributed by atoms with E-state index in [0.29, 0.717) is 41.3 Å². The van der Waals surface area contributed by atoms with Crippen molar-refractivity contribution in [2.24, 2.45) is 0 Å². The van der Waals surface area contributed by atoms with E-state index in [9.17, 15) is 13.6 Å². The summed E-state index contributed by atoms with van der Waals surface area (Å²) in [6.45, 7) is 1.40. The molecule has 0 saturated heterocycles. The normalized spacial score (nSPS) is 10.9. The van der Waals surface area contributed by atoms with Gasteiger partial charge in [-0.2, -0.15) is 5.10 Å². The van der Waals surface area contributed by atoms with Gasteiger partial charge in [0.15, 0.2) is 0 Å². The van der Waals surface area contributed by atoms with Gasteiger partial charge in [0.05, 0.1) is 23.7 Å². The minimum absolute atomic E-state index is 0.0757. The first kappa shape index (κ1) is 20.5. The molecule has 0 bridgehead atoms. The molecule has 2 aromatic carbocycles. The summed E-state index contributed by atoms with van der Waals surface area (Å²) in [5.41, 5.74) is 1.84. The van der Waals surface area contributed by atoms with Crippen LogP contribution in [0.15, 0.2) is 42.5 Å². The molecular weight excluding hydrogens is 378 g/mol. The quantitative estimate of drug-likeness (QED) is 0.422. The van der Waals surface area contributed by atoms with Crippen LogP contribution in [0.5, 0.6) is 5.75 Å². The predicted molar refractivity (Wildman–Crippen MR) is 108 cm³/mol. The minimum atomic E-state index is -0.582. The molecule has 1 heterocycles. The maximum atomic E-state index is 14.5. The molecule has 29 heavy (non-hydrogen) atoms. The van der Waals surface area contributed by atoms with E-state index in [1.54, 1.807) is 24.3 Å². The van der Waals surface area contributed by atoms with Gasteiger partial charge < -0.3 is 15.0 Å². The second-order valence-electron chi connectivity index (χ2n) is 6.77. The molecule has 3 aromatic rings. The Morgan fingerprint density at radius 2 is 1.97 bits per heavy atom. The highest BCUT2D eigenvalue weighted by Gasteiger charge is 2.12. The van der Waals surface area contributed by atoms with Gasteiger partial charge in [-0.3, -0.25) is 9.89 Å². The van der Waals surface area contributed by atoms with Crippen molar-refractivity contribution in [2.45, 2.75) is 6.42 Å². The van der Waals surface area contributed by atoms with Gasteiger partial charge in [0.1, 0.15) is 17.4 Å². The fraction of sp³-hybridized carbons (Fsp3) is 0.238. The first-order valence-electron chi connectivity index (χ1n) is 9.11. The number of benzene rings is 2. The number of carbonyl (C=O) groups is 1. The largest absolute Gasteiger partial charge is 0.493 e. The number of amides is 1. The zero-order chi connectivity index (χ0) is 20.8. The van der Waals surface area contributed by atoms with Gasteiger partial charge in [-0.25, -0.2) is 8.78 Å². The molecule has 0 atom stereocenters. The van der Waals surface area contributed by atoms with E-state index < -0.39 is 11.6 Å². The number of halogens is 2. The van der Waals surface area contributed by atoms with E-state index in [-0.39, 0.29) is 5.69 Å². The Morgan fingerprint density at radius 1 is 1.14 bits per heavy atom. The first-order valence-corrected chi connectivity index (χ1v) is 9.11. The van der Waals surface area contributed by atoms with Gasteiger partial charge in [-0.1, -0.05) is 6.07 Å². The van der Waals surface area contributed by atoms with Crippen LogP contribution in [0.3, 0.4) is 0 Å². The van der Waals surface area contributed by atoms with Crippen molar-refractivity contribution in [2.75, 3.05) is 32.6 Å². The van der Waals surface area contributed by atoms with Crippen LogP contribution in [0.25, 0.3) is 22.5 Å². The topological polar surface area (TPSA) is 70.2 Å². The van der Waals surface area contributed by atoms with Crippen LogP contribution in [0.2, 0.25) is 0 Å². The molecule has 0 fully saturated rings. The van der Waals surface area contributed by atoms with E-state index in [1.807, 2.05) is 14.1 Å². The molecule has 1 aromatic heterocycles. The monoisotopic (exact) mass is 400 g/mol. The summed E-state index contributed by atoms with van der Waals surface area (Å²) in [5, 5.41) is 9.18. The third kappa shape index (κ3) is 5.17. The van der Waals surface area contributed by atoms with E-state index in [0.717, 1.165) is 13.0 Å². The lowest BCUT2D eigenvalue weighted by Gasteiger charge is -2.11. The third-order valence-corrected chi connectivity index (χ3v) is 4.31. The Morgan fingerprint density at radius 3 is 2.66 bits per heavy atom. The maximum absolute atomic E-state index is 14.5. The number of ether oxygens (including phenoxy) is 1. The van der Waals surface area contributed by atoms with Crippen molar-refractivity contribution in [3.05, 3.63) is 54.1 Å². The summed E-state index contributed by atoms with van der Waals surface area (Å²) in [7, 11) is 3.97. The van der Waals surface area contributed by atoms with Crippen molar-refractivity contribution in [3.8, 4) is 28.3 Å². The SMILES string of the molecule is CN(C)CCCOc1ccc(-c2cc(-c3ccc(NC=O)c(F)c3)n[nH]2)c(F)c1. The highest BCUT2D eigenvalue weighted by molar-refractivity contribution is 5.75.